The maximum absolute atomic E-state index is 12.5. The van der Waals surface area contributed by atoms with Gasteiger partial charge in [-0.3, -0.25) is 4.79 Å². The van der Waals surface area contributed by atoms with E-state index in [0.717, 1.165) is 32.4 Å². The molecule has 1 aromatic rings. The number of carbonyl (C=O) groups is 1. The summed E-state index contributed by atoms with van der Waals surface area (Å²) in [7, 11) is 0. The van der Waals surface area contributed by atoms with Crippen LogP contribution in [0.2, 0.25) is 0 Å². The molecule has 0 radical (unpaired) electrons. The van der Waals surface area contributed by atoms with Crippen molar-refractivity contribution in [3.05, 3.63) is 29.8 Å². The minimum atomic E-state index is 0.0900. The molecule has 0 saturated carbocycles. The Bertz CT molecular complexity index is 454. The molecule has 102 valence electrons. The fourth-order valence-corrected chi connectivity index (χ4v) is 4.53. The van der Waals surface area contributed by atoms with E-state index in [1.165, 1.54) is 10.5 Å². The minimum Gasteiger partial charge on any atom is -0.341 e. The zero-order valence-electron chi connectivity index (χ0n) is 10.8. The number of likely N-dealkylation sites (tertiary alicyclic amines) is 1. The van der Waals surface area contributed by atoms with Crippen molar-refractivity contribution in [3.8, 4) is 0 Å². The topological polar surface area (TPSA) is 20.3 Å². The van der Waals surface area contributed by atoms with Crippen LogP contribution in [0.5, 0.6) is 0 Å². The Kier molecular flexibility index (Phi) is 4.04. The standard InChI is InChI=1S/C15H18ClNOS/c16-7-5-11-6-8-17(10-11)15(18)14-9-12-3-1-2-4-13(12)19-14/h1-4,11,14H,5-10H2. The Morgan fingerprint density at radius 1 is 1.42 bits per heavy atom. The van der Waals surface area contributed by atoms with Crippen molar-refractivity contribution in [2.45, 2.75) is 29.4 Å². The fraction of sp³-hybridized carbons (Fsp3) is 0.533. The summed E-state index contributed by atoms with van der Waals surface area (Å²) in [6, 6.07) is 8.35. The van der Waals surface area contributed by atoms with E-state index in [1.54, 1.807) is 11.8 Å². The van der Waals surface area contributed by atoms with Crippen LogP contribution in [0, 0.1) is 5.92 Å². The zero-order valence-corrected chi connectivity index (χ0v) is 12.4. The smallest absolute Gasteiger partial charge is 0.236 e. The number of rotatable bonds is 3. The molecule has 2 aliphatic rings. The Morgan fingerprint density at radius 2 is 2.26 bits per heavy atom. The minimum absolute atomic E-state index is 0.0900. The molecule has 4 heteroatoms. The van der Waals surface area contributed by atoms with Crippen LogP contribution < -0.4 is 0 Å². The highest BCUT2D eigenvalue weighted by molar-refractivity contribution is 8.01. The molecule has 2 unspecified atom stereocenters. The number of amides is 1. The summed E-state index contributed by atoms with van der Waals surface area (Å²) < 4.78 is 0. The maximum atomic E-state index is 12.5. The lowest BCUT2D eigenvalue weighted by Gasteiger charge is -2.20. The maximum Gasteiger partial charge on any atom is 0.236 e. The second-order valence-corrected chi connectivity index (χ2v) is 6.96. The number of nitrogens with zero attached hydrogens (tertiary/aromatic N) is 1. The van der Waals surface area contributed by atoms with E-state index >= 15 is 0 Å². The van der Waals surface area contributed by atoms with Gasteiger partial charge < -0.3 is 4.90 Å². The first-order chi connectivity index (χ1) is 9.28. The van der Waals surface area contributed by atoms with Gasteiger partial charge in [-0.15, -0.1) is 23.4 Å². The van der Waals surface area contributed by atoms with Gasteiger partial charge in [-0.1, -0.05) is 18.2 Å². The largest absolute Gasteiger partial charge is 0.341 e. The quantitative estimate of drug-likeness (QED) is 0.798. The highest BCUT2D eigenvalue weighted by Gasteiger charge is 2.34. The van der Waals surface area contributed by atoms with Crippen LogP contribution in [0.15, 0.2) is 29.2 Å². The zero-order chi connectivity index (χ0) is 13.2. The van der Waals surface area contributed by atoms with Crippen LogP contribution >= 0.6 is 23.4 Å². The van der Waals surface area contributed by atoms with Crippen molar-refractivity contribution >= 4 is 29.3 Å². The number of fused-ring (bicyclic) bond motifs is 1. The van der Waals surface area contributed by atoms with Crippen molar-refractivity contribution in [2.75, 3.05) is 19.0 Å². The molecule has 1 amide bonds. The van der Waals surface area contributed by atoms with E-state index in [2.05, 4.69) is 18.2 Å². The molecule has 2 atom stereocenters. The predicted molar refractivity (Wildman–Crippen MR) is 79.8 cm³/mol. The number of thioether (sulfide) groups is 1. The lowest BCUT2D eigenvalue weighted by molar-refractivity contribution is -0.129. The number of halogens is 1. The Hall–Kier alpha value is -0.670. The molecule has 0 N–H and O–H groups in total. The molecule has 1 aromatic carbocycles. The lowest BCUT2D eigenvalue weighted by Crippen LogP contribution is -2.36. The van der Waals surface area contributed by atoms with Crippen molar-refractivity contribution in [3.63, 3.8) is 0 Å². The molecule has 2 aliphatic heterocycles. The van der Waals surface area contributed by atoms with Crippen LogP contribution in [0.25, 0.3) is 0 Å². The van der Waals surface area contributed by atoms with Crippen molar-refractivity contribution in [1.29, 1.82) is 0 Å². The van der Waals surface area contributed by atoms with E-state index < -0.39 is 0 Å². The molecule has 2 nitrogen and oxygen atoms in total. The Labute approximate surface area is 123 Å². The number of benzene rings is 1. The molecule has 3 rings (SSSR count). The summed E-state index contributed by atoms with van der Waals surface area (Å²) in [5.41, 5.74) is 1.32. The van der Waals surface area contributed by atoms with Crippen LogP contribution in [-0.4, -0.2) is 35.0 Å². The average molecular weight is 296 g/mol. The molecule has 0 spiro atoms. The van der Waals surface area contributed by atoms with Crippen LogP contribution in [0.3, 0.4) is 0 Å². The number of hydrogen-bond donors (Lipinski definition) is 0. The predicted octanol–water partition coefficient (Wildman–Crippen LogP) is 3.18. The van der Waals surface area contributed by atoms with Gasteiger partial charge in [0.25, 0.3) is 0 Å². The van der Waals surface area contributed by atoms with Gasteiger partial charge >= 0.3 is 0 Å². The van der Waals surface area contributed by atoms with Gasteiger partial charge in [-0.05, 0) is 36.8 Å². The summed E-state index contributed by atoms with van der Waals surface area (Å²) in [5, 5.41) is 0.0900. The highest BCUT2D eigenvalue weighted by atomic mass is 35.5. The Balaban J connectivity index is 1.61. The highest BCUT2D eigenvalue weighted by Crippen LogP contribution is 2.38. The van der Waals surface area contributed by atoms with Gasteiger partial charge in [0.2, 0.25) is 5.91 Å². The van der Waals surface area contributed by atoms with Crippen molar-refractivity contribution in [1.82, 2.24) is 4.90 Å². The monoisotopic (exact) mass is 295 g/mol. The third-order valence-corrected chi connectivity index (χ3v) is 5.56. The third kappa shape index (κ3) is 2.77. The molecule has 0 aromatic heterocycles. The molecular weight excluding hydrogens is 278 g/mol. The van der Waals surface area contributed by atoms with E-state index in [0.29, 0.717) is 17.7 Å². The van der Waals surface area contributed by atoms with E-state index in [4.69, 9.17) is 11.6 Å². The van der Waals surface area contributed by atoms with Crippen LogP contribution in [0.4, 0.5) is 0 Å². The molecule has 2 heterocycles. The summed E-state index contributed by atoms with van der Waals surface area (Å²) in [6.07, 6.45) is 3.03. The molecule has 1 fully saturated rings. The molecule has 0 aliphatic carbocycles. The first kappa shape index (κ1) is 13.3. The molecular formula is C15H18ClNOS. The molecule has 0 bridgehead atoms. The van der Waals surface area contributed by atoms with Gasteiger partial charge in [0.1, 0.15) is 0 Å². The van der Waals surface area contributed by atoms with E-state index in [-0.39, 0.29) is 5.25 Å². The fourth-order valence-electron chi connectivity index (χ4n) is 2.95. The normalized spacial score (nSPS) is 25.6. The molecule has 1 saturated heterocycles. The lowest BCUT2D eigenvalue weighted by atomic mass is 10.1. The first-order valence-electron chi connectivity index (χ1n) is 6.87. The van der Waals surface area contributed by atoms with Gasteiger partial charge in [0, 0.05) is 23.9 Å². The van der Waals surface area contributed by atoms with Crippen molar-refractivity contribution in [2.24, 2.45) is 5.92 Å². The van der Waals surface area contributed by atoms with Gasteiger partial charge in [0.05, 0.1) is 5.25 Å². The SMILES string of the molecule is O=C(C1Cc2ccccc2S1)N1CCC(CCCl)C1. The van der Waals surface area contributed by atoms with Gasteiger partial charge in [-0.25, -0.2) is 0 Å². The average Bonchev–Trinajstić information content (AvgIpc) is 3.04. The second-order valence-electron chi connectivity index (χ2n) is 5.33. The van der Waals surface area contributed by atoms with Crippen molar-refractivity contribution < 1.29 is 4.79 Å². The molecule has 19 heavy (non-hydrogen) atoms. The Morgan fingerprint density at radius 3 is 3.05 bits per heavy atom. The van der Waals surface area contributed by atoms with Gasteiger partial charge in [-0.2, -0.15) is 0 Å². The number of alkyl halides is 1. The van der Waals surface area contributed by atoms with Crippen LogP contribution in [0.1, 0.15) is 18.4 Å². The summed E-state index contributed by atoms with van der Waals surface area (Å²) in [6.45, 7) is 1.81. The van der Waals surface area contributed by atoms with Gasteiger partial charge in [0.15, 0.2) is 0 Å². The summed E-state index contributed by atoms with van der Waals surface area (Å²) in [5.74, 6) is 1.63. The van der Waals surface area contributed by atoms with Crippen LogP contribution in [-0.2, 0) is 11.2 Å². The third-order valence-electron chi connectivity index (χ3n) is 4.04. The summed E-state index contributed by atoms with van der Waals surface area (Å²) >= 11 is 7.52. The first-order valence-corrected chi connectivity index (χ1v) is 8.28. The number of carbonyl (C=O) groups excluding carboxylic acids is 1. The second kappa shape index (κ2) is 5.76. The van der Waals surface area contributed by atoms with E-state index in [1.807, 2.05) is 11.0 Å². The van der Waals surface area contributed by atoms with E-state index in [9.17, 15) is 4.79 Å². The summed E-state index contributed by atoms with van der Waals surface area (Å²) in [4.78, 5) is 15.9. The number of hydrogen-bond acceptors (Lipinski definition) is 2.